The molecule has 0 bridgehead atoms. The molecular weight excluding hydrogens is 234 g/mol. The molecule has 5 nitrogen and oxygen atoms in total. The summed E-state index contributed by atoms with van der Waals surface area (Å²) in [6.07, 6.45) is 4.80. The van der Waals surface area contributed by atoms with Crippen LogP contribution in [0.25, 0.3) is 0 Å². The minimum atomic E-state index is -0.708. The van der Waals surface area contributed by atoms with Crippen LogP contribution < -0.4 is 5.32 Å². The number of nitrogens with one attached hydrogen (secondary N) is 1. The number of hydrogen-bond acceptors (Lipinski definition) is 4. The van der Waals surface area contributed by atoms with Gasteiger partial charge in [0.05, 0.1) is 12.2 Å². The standard InChI is InChI=1S/C13H21NO4/c15-12(16)11(9-1-2-9)14-10-3-5-18-13(7-10)4-6-17-8-13/h9-11,14H,1-8H2,(H,15,16). The van der Waals surface area contributed by atoms with Gasteiger partial charge in [-0.05, 0) is 31.6 Å². The van der Waals surface area contributed by atoms with Crippen molar-refractivity contribution < 1.29 is 19.4 Å². The van der Waals surface area contributed by atoms with Gasteiger partial charge in [0.2, 0.25) is 0 Å². The Morgan fingerprint density at radius 2 is 2.17 bits per heavy atom. The zero-order chi connectivity index (χ0) is 12.6. The normalized spacial score (nSPS) is 37.9. The fraction of sp³-hybridized carbons (Fsp3) is 0.923. The van der Waals surface area contributed by atoms with E-state index in [-0.39, 0.29) is 17.7 Å². The van der Waals surface area contributed by atoms with Gasteiger partial charge in [0.25, 0.3) is 0 Å². The van der Waals surface area contributed by atoms with Crippen LogP contribution in [0.5, 0.6) is 0 Å². The first-order chi connectivity index (χ1) is 8.69. The van der Waals surface area contributed by atoms with E-state index in [4.69, 9.17) is 9.47 Å². The van der Waals surface area contributed by atoms with Crippen molar-refractivity contribution in [3.8, 4) is 0 Å². The second-order valence-electron chi connectivity index (χ2n) is 5.84. The third-order valence-corrected chi connectivity index (χ3v) is 4.33. The molecule has 3 unspecified atom stereocenters. The van der Waals surface area contributed by atoms with Gasteiger partial charge in [-0.3, -0.25) is 4.79 Å². The van der Waals surface area contributed by atoms with Gasteiger partial charge in [-0.25, -0.2) is 0 Å². The van der Waals surface area contributed by atoms with Crippen LogP contribution in [0.1, 0.15) is 32.1 Å². The molecule has 1 aliphatic carbocycles. The maximum atomic E-state index is 11.2. The molecule has 3 fully saturated rings. The average Bonchev–Trinajstić information content (AvgIpc) is 3.09. The molecule has 2 aliphatic heterocycles. The van der Waals surface area contributed by atoms with Crippen molar-refractivity contribution in [3.63, 3.8) is 0 Å². The Balaban J connectivity index is 1.59. The second kappa shape index (κ2) is 4.79. The summed E-state index contributed by atoms with van der Waals surface area (Å²) < 4.78 is 11.3. The number of carboxylic acids is 1. The lowest BCUT2D eigenvalue weighted by Gasteiger charge is -2.38. The Hall–Kier alpha value is -0.650. The summed E-state index contributed by atoms with van der Waals surface area (Å²) in [6.45, 7) is 2.13. The van der Waals surface area contributed by atoms with Crippen molar-refractivity contribution in [3.05, 3.63) is 0 Å². The topological polar surface area (TPSA) is 67.8 Å². The number of hydrogen-bond donors (Lipinski definition) is 2. The van der Waals surface area contributed by atoms with Gasteiger partial charge < -0.3 is 19.9 Å². The van der Waals surface area contributed by atoms with Gasteiger partial charge in [-0.2, -0.15) is 0 Å². The highest BCUT2D eigenvalue weighted by atomic mass is 16.6. The van der Waals surface area contributed by atoms with Gasteiger partial charge in [0, 0.05) is 25.7 Å². The molecule has 2 N–H and O–H groups in total. The zero-order valence-electron chi connectivity index (χ0n) is 10.6. The molecule has 102 valence electrons. The molecule has 0 aromatic heterocycles. The van der Waals surface area contributed by atoms with E-state index in [1.54, 1.807) is 0 Å². The highest BCUT2D eigenvalue weighted by Gasteiger charge is 2.43. The predicted octanol–water partition coefficient (Wildman–Crippen LogP) is 0.777. The third-order valence-electron chi connectivity index (χ3n) is 4.33. The molecule has 3 atom stereocenters. The van der Waals surface area contributed by atoms with Crippen LogP contribution in [-0.4, -0.2) is 48.6 Å². The van der Waals surface area contributed by atoms with Crippen molar-refractivity contribution in [1.29, 1.82) is 0 Å². The highest BCUT2D eigenvalue weighted by molar-refractivity contribution is 5.74. The van der Waals surface area contributed by atoms with E-state index in [1.165, 1.54) is 0 Å². The largest absolute Gasteiger partial charge is 0.480 e. The molecule has 2 heterocycles. The Morgan fingerprint density at radius 3 is 2.78 bits per heavy atom. The van der Waals surface area contributed by atoms with Crippen molar-refractivity contribution >= 4 is 5.97 Å². The monoisotopic (exact) mass is 255 g/mol. The number of aliphatic carboxylic acids is 1. The van der Waals surface area contributed by atoms with E-state index >= 15 is 0 Å². The van der Waals surface area contributed by atoms with E-state index in [9.17, 15) is 9.90 Å². The van der Waals surface area contributed by atoms with Gasteiger partial charge in [0.1, 0.15) is 6.04 Å². The van der Waals surface area contributed by atoms with Crippen molar-refractivity contribution in [2.75, 3.05) is 19.8 Å². The van der Waals surface area contributed by atoms with Crippen LogP contribution >= 0.6 is 0 Å². The summed E-state index contributed by atoms with van der Waals surface area (Å²) in [5, 5.41) is 12.6. The Kier molecular flexibility index (Phi) is 3.30. The van der Waals surface area contributed by atoms with Gasteiger partial charge in [0.15, 0.2) is 0 Å². The van der Waals surface area contributed by atoms with E-state index in [0.717, 1.165) is 38.7 Å². The lowest BCUT2D eigenvalue weighted by molar-refractivity contribution is -0.141. The van der Waals surface area contributed by atoms with E-state index in [2.05, 4.69) is 5.32 Å². The number of carbonyl (C=O) groups is 1. The van der Waals surface area contributed by atoms with Crippen LogP contribution in [-0.2, 0) is 14.3 Å². The molecule has 0 aromatic rings. The lowest BCUT2D eigenvalue weighted by Crippen LogP contribution is -2.52. The first kappa shape index (κ1) is 12.4. The summed E-state index contributed by atoms with van der Waals surface area (Å²) in [7, 11) is 0. The lowest BCUT2D eigenvalue weighted by atomic mass is 9.89. The fourth-order valence-corrected chi connectivity index (χ4v) is 3.13. The first-order valence-corrected chi connectivity index (χ1v) is 6.89. The van der Waals surface area contributed by atoms with Crippen molar-refractivity contribution in [2.24, 2.45) is 5.92 Å². The summed E-state index contributed by atoms with van der Waals surface area (Å²) in [6, 6.07) is -0.116. The summed E-state index contributed by atoms with van der Waals surface area (Å²) in [4.78, 5) is 11.2. The van der Waals surface area contributed by atoms with Crippen molar-refractivity contribution in [2.45, 2.75) is 49.8 Å². The molecule has 0 radical (unpaired) electrons. The molecule has 2 saturated heterocycles. The Morgan fingerprint density at radius 1 is 1.33 bits per heavy atom. The van der Waals surface area contributed by atoms with Crippen LogP contribution in [0.3, 0.4) is 0 Å². The van der Waals surface area contributed by atoms with E-state index in [1.807, 2.05) is 0 Å². The van der Waals surface area contributed by atoms with Crippen molar-refractivity contribution in [1.82, 2.24) is 5.32 Å². The molecule has 3 rings (SSSR count). The van der Waals surface area contributed by atoms with E-state index in [0.29, 0.717) is 19.1 Å². The number of carboxylic acid groups (broad SMARTS) is 1. The SMILES string of the molecule is O=C(O)C(NC1CCOC2(CCOC2)C1)C1CC1. The first-order valence-electron chi connectivity index (χ1n) is 6.89. The maximum Gasteiger partial charge on any atom is 0.320 e. The Bertz CT molecular complexity index is 323. The predicted molar refractivity (Wildman–Crippen MR) is 64.4 cm³/mol. The molecule has 1 saturated carbocycles. The van der Waals surface area contributed by atoms with E-state index < -0.39 is 5.97 Å². The quantitative estimate of drug-likeness (QED) is 0.777. The molecule has 18 heavy (non-hydrogen) atoms. The maximum absolute atomic E-state index is 11.2. The molecular formula is C13H21NO4. The highest BCUT2D eigenvalue weighted by Crippen LogP contribution is 2.36. The average molecular weight is 255 g/mol. The molecule has 0 aromatic carbocycles. The number of ether oxygens (including phenoxy) is 2. The number of rotatable bonds is 4. The third kappa shape index (κ3) is 2.53. The van der Waals surface area contributed by atoms with Crippen LogP contribution in [0, 0.1) is 5.92 Å². The minimum Gasteiger partial charge on any atom is -0.480 e. The van der Waals surface area contributed by atoms with Gasteiger partial charge >= 0.3 is 5.97 Å². The smallest absolute Gasteiger partial charge is 0.320 e. The molecule has 1 spiro atoms. The fourth-order valence-electron chi connectivity index (χ4n) is 3.13. The summed E-state index contributed by atoms with van der Waals surface area (Å²) in [5.41, 5.74) is -0.150. The molecule has 3 aliphatic rings. The van der Waals surface area contributed by atoms with Gasteiger partial charge in [-0.1, -0.05) is 0 Å². The van der Waals surface area contributed by atoms with Crippen LogP contribution in [0.2, 0.25) is 0 Å². The Labute approximate surface area is 107 Å². The summed E-state index contributed by atoms with van der Waals surface area (Å²) in [5.74, 6) is -0.373. The van der Waals surface area contributed by atoms with Gasteiger partial charge in [-0.15, -0.1) is 0 Å². The summed E-state index contributed by atoms with van der Waals surface area (Å²) >= 11 is 0. The zero-order valence-corrected chi connectivity index (χ0v) is 10.6. The van der Waals surface area contributed by atoms with Crippen LogP contribution in [0.15, 0.2) is 0 Å². The second-order valence-corrected chi connectivity index (χ2v) is 5.84. The minimum absolute atomic E-state index is 0.150. The molecule has 0 amide bonds. The molecule has 5 heteroatoms. The van der Waals surface area contributed by atoms with Crippen LogP contribution in [0.4, 0.5) is 0 Å².